The van der Waals surface area contributed by atoms with Gasteiger partial charge < -0.3 is 5.11 Å². The Labute approximate surface area is 119 Å². The fourth-order valence-corrected chi connectivity index (χ4v) is 3.31. The summed E-state index contributed by atoms with van der Waals surface area (Å²) in [5, 5.41) is 8.75. The van der Waals surface area contributed by atoms with Gasteiger partial charge in [0.1, 0.15) is 0 Å². The van der Waals surface area contributed by atoms with Gasteiger partial charge in [0.05, 0.1) is 5.75 Å². The summed E-state index contributed by atoms with van der Waals surface area (Å²) in [5.41, 5.74) is 0. The Kier molecular flexibility index (Phi) is 9.66. The van der Waals surface area contributed by atoms with Gasteiger partial charge >= 0.3 is 0 Å². The summed E-state index contributed by atoms with van der Waals surface area (Å²) in [6.07, 6.45) is 2.90. The van der Waals surface area contributed by atoms with Crippen molar-refractivity contribution in [3.63, 3.8) is 0 Å². The number of unbranched alkanes of at least 4 members (excludes halogenated alkanes) is 1. The molecule has 0 spiro atoms. The molecule has 0 fully saturated rings. The summed E-state index contributed by atoms with van der Waals surface area (Å²) in [5.74, 6) is 1.17. The van der Waals surface area contributed by atoms with Crippen molar-refractivity contribution < 1.29 is 13.5 Å². The third-order valence-corrected chi connectivity index (χ3v) is 5.07. The monoisotopic (exact) mass is 293 g/mol. The van der Waals surface area contributed by atoms with Crippen LogP contribution in [0.25, 0.3) is 0 Å². The SMILES string of the molecule is CC(C)CCN(CCC(C)C)S(=O)(=O)CCCCO. The average molecular weight is 293 g/mol. The molecule has 0 saturated carbocycles. The molecule has 0 atom stereocenters. The lowest BCUT2D eigenvalue weighted by Gasteiger charge is -2.23. The van der Waals surface area contributed by atoms with E-state index >= 15 is 0 Å². The normalized spacial score (nSPS) is 12.8. The lowest BCUT2D eigenvalue weighted by molar-refractivity contribution is 0.286. The van der Waals surface area contributed by atoms with Gasteiger partial charge in [-0.15, -0.1) is 0 Å². The van der Waals surface area contributed by atoms with Crippen LogP contribution < -0.4 is 0 Å². The Morgan fingerprint density at radius 2 is 1.42 bits per heavy atom. The zero-order valence-corrected chi connectivity index (χ0v) is 13.7. The van der Waals surface area contributed by atoms with E-state index in [2.05, 4.69) is 27.7 Å². The zero-order valence-electron chi connectivity index (χ0n) is 12.9. The lowest BCUT2D eigenvalue weighted by Crippen LogP contribution is -2.35. The Balaban J connectivity index is 4.50. The van der Waals surface area contributed by atoms with Crippen LogP contribution in [0, 0.1) is 11.8 Å². The molecule has 0 rings (SSSR count). The molecule has 0 aromatic rings. The van der Waals surface area contributed by atoms with E-state index in [1.54, 1.807) is 4.31 Å². The minimum Gasteiger partial charge on any atom is -0.396 e. The molecule has 5 heteroatoms. The molecule has 0 aromatic carbocycles. The highest BCUT2D eigenvalue weighted by molar-refractivity contribution is 7.89. The molecular formula is C14H31NO3S. The van der Waals surface area contributed by atoms with Crippen LogP contribution in [0.4, 0.5) is 0 Å². The molecule has 0 aromatic heterocycles. The summed E-state index contributed by atoms with van der Waals surface area (Å²) in [6.45, 7) is 9.74. The summed E-state index contributed by atoms with van der Waals surface area (Å²) < 4.78 is 26.2. The maximum Gasteiger partial charge on any atom is 0.214 e. The predicted octanol–water partition coefficient (Wildman–Crippen LogP) is 2.48. The summed E-state index contributed by atoms with van der Waals surface area (Å²) in [6, 6.07) is 0. The van der Waals surface area contributed by atoms with Crippen LogP contribution in [0.2, 0.25) is 0 Å². The van der Waals surface area contributed by atoms with Crippen molar-refractivity contribution in [2.24, 2.45) is 11.8 Å². The standard InChI is InChI=1S/C14H31NO3S/c1-13(2)7-9-15(10-8-14(3)4)19(17,18)12-6-5-11-16/h13-14,16H,5-12H2,1-4H3. The highest BCUT2D eigenvalue weighted by Crippen LogP contribution is 2.12. The third kappa shape index (κ3) is 9.41. The molecular weight excluding hydrogens is 262 g/mol. The number of aliphatic hydroxyl groups excluding tert-OH is 1. The number of aliphatic hydroxyl groups is 1. The van der Waals surface area contributed by atoms with E-state index in [0.29, 0.717) is 37.8 Å². The minimum absolute atomic E-state index is 0.0630. The van der Waals surface area contributed by atoms with Gasteiger partial charge in [0.2, 0.25) is 10.0 Å². The van der Waals surface area contributed by atoms with Crippen LogP contribution in [0.5, 0.6) is 0 Å². The van der Waals surface area contributed by atoms with Crippen molar-refractivity contribution in [2.75, 3.05) is 25.4 Å². The van der Waals surface area contributed by atoms with Crippen LogP contribution in [0.1, 0.15) is 53.4 Å². The molecule has 0 amide bonds. The van der Waals surface area contributed by atoms with Crippen molar-refractivity contribution in [3.8, 4) is 0 Å². The highest BCUT2D eigenvalue weighted by atomic mass is 32.2. The Hall–Kier alpha value is -0.130. The van der Waals surface area contributed by atoms with E-state index in [4.69, 9.17) is 5.11 Å². The van der Waals surface area contributed by atoms with Crippen molar-refractivity contribution in [3.05, 3.63) is 0 Å². The first kappa shape index (κ1) is 18.9. The van der Waals surface area contributed by atoms with Crippen molar-refractivity contribution in [1.29, 1.82) is 0 Å². The van der Waals surface area contributed by atoms with Crippen LogP contribution in [-0.4, -0.2) is 43.3 Å². The van der Waals surface area contributed by atoms with Gasteiger partial charge in [0, 0.05) is 19.7 Å². The fraction of sp³-hybridized carbons (Fsp3) is 1.00. The molecule has 0 unspecified atom stereocenters. The maximum atomic E-state index is 12.3. The topological polar surface area (TPSA) is 57.6 Å². The number of nitrogens with zero attached hydrogens (tertiary/aromatic N) is 1. The molecule has 0 aliphatic carbocycles. The van der Waals surface area contributed by atoms with Crippen molar-refractivity contribution in [1.82, 2.24) is 4.31 Å². The quantitative estimate of drug-likeness (QED) is 0.595. The Morgan fingerprint density at radius 1 is 0.947 bits per heavy atom. The van der Waals surface area contributed by atoms with Gasteiger partial charge in [0.25, 0.3) is 0 Å². The van der Waals surface area contributed by atoms with E-state index in [9.17, 15) is 8.42 Å². The molecule has 0 aliphatic rings. The molecule has 0 bridgehead atoms. The molecule has 1 N–H and O–H groups in total. The summed E-state index contributed by atoms with van der Waals surface area (Å²) in [4.78, 5) is 0. The number of sulfonamides is 1. The van der Waals surface area contributed by atoms with E-state index in [1.165, 1.54) is 0 Å². The first-order valence-corrected chi connectivity index (χ1v) is 8.99. The van der Waals surface area contributed by atoms with Gasteiger partial charge in [-0.25, -0.2) is 12.7 Å². The van der Waals surface area contributed by atoms with Crippen LogP contribution in [0.15, 0.2) is 0 Å². The van der Waals surface area contributed by atoms with E-state index < -0.39 is 10.0 Å². The fourth-order valence-electron chi connectivity index (χ4n) is 1.72. The molecule has 0 saturated heterocycles. The molecule has 116 valence electrons. The Morgan fingerprint density at radius 3 is 1.79 bits per heavy atom. The first-order chi connectivity index (χ1) is 8.79. The van der Waals surface area contributed by atoms with Gasteiger partial charge in [0.15, 0.2) is 0 Å². The van der Waals surface area contributed by atoms with Gasteiger partial charge in [-0.2, -0.15) is 0 Å². The van der Waals surface area contributed by atoms with Crippen molar-refractivity contribution in [2.45, 2.75) is 53.4 Å². The highest BCUT2D eigenvalue weighted by Gasteiger charge is 2.21. The molecule has 19 heavy (non-hydrogen) atoms. The average Bonchev–Trinajstić information content (AvgIpc) is 2.27. The second-order valence-corrected chi connectivity index (χ2v) is 8.10. The summed E-state index contributed by atoms with van der Waals surface area (Å²) in [7, 11) is -3.16. The molecule has 0 heterocycles. The van der Waals surface area contributed by atoms with Crippen molar-refractivity contribution >= 4 is 10.0 Å². The van der Waals surface area contributed by atoms with E-state index in [1.807, 2.05) is 0 Å². The zero-order chi connectivity index (χ0) is 14.9. The summed E-state index contributed by atoms with van der Waals surface area (Å²) >= 11 is 0. The number of hydrogen-bond acceptors (Lipinski definition) is 3. The number of hydrogen-bond donors (Lipinski definition) is 1. The number of rotatable bonds is 11. The van der Waals surface area contributed by atoms with Crippen LogP contribution in [-0.2, 0) is 10.0 Å². The second-order valence-electron chi connectivity index (χ2n) is 6.01. The van der Waals surface area contributed by atoms with Crippen LogP contribution in [0.3, 0.4) is 0 Å². The molecule has 0 aliphatic heterocycles. The maximum absolute atomic E-state index is 12.3. The van der Waals surface area contributed by atoms with Gasteiger partial charge in [-0.05, 0) is 37.5 Å². The predicted molar refractivity (Wildman–Crippen MR) is 80.6 cm³/mol. The van der Waals surface area contributed by atoms with Gasteiger partial charge in [-0.3, -0.25) is 0 Å². The van der Waals surface area contributed by atoms with Gasteiger partial charge in [-0.1, -0.05) is 27.7 Å². The molecule has 0 radical (unpaired) electrons. The van der Waals surface area contributed by atoms with E-state index in [-0.39, 0.29) is 12.4 Å². The molecule has 4 nitrogen and oxygen atoms in total. The lowest BCUT2D eigenvalue weighted by atomic mass is 10.1. The Bertz CT molecular complexity index is 301. The van der Waals surface area contributed by atoms with Crippen LogP contribution >= 0.6 is 0 Å². The minimum atomic E-state index is -3.16. The third-order valence-electron chi connectivity index (χ3n) is 3.12. The smallest absolute Gasteiger partial charge is 0.214 e. The van der Waals surface area contributed by atoms with E-state index in [0.717, 1.165) is 12.8 Å². The largest absolute Gasteiger partial charge is 0.396 e. The second kappa shape index (κ2) is 9.72. The first-order valence-electron chi connectivity index (χ1n) is 7.38.